The second kappa shape index (κ2) is 8.89. The van der Waals surface area contributed by atoms with E-state index in [1.165, 1.54) is 24.3 Å². The van der Waals surface area contributed by atoms with Crippen molar-refractivity contribution in [1.82, 2.24) is 15.1 Å². The van der Waals surface area contributed by atoms with Crippen LogP contribution in [0, 0.1) is 0 Å². The van der Waals surface area contributed by atoms with Gasteiger partial charge in [0.2, 0.25) is 0 Å². The summed E-state index contributed by atoms with van der Waals surface area (Å²) < 4.78 is 47.5. The molecule has 2 aromatic carbocycles. The summed E-state index contributed by atoms with van der Waals surface area (Å²) in [6.07, 6.45) is -3.98. The van der Waals surface area contributed by atoms with Crippen molar-refractivity contribution in [3.63, 3.8) is 0 Å². The first kappa shape index (κ1) is 21.2. The van der Waals surface area contributed by atoms with Gasteiger partial charge in [-0.05, 0) is 54.4 Å². The number of nitrogens with zero attached hydrogens (tertiary/aromatic N) is 2. The molecule has 0 spiro atoms. The van der Waals surface area contributed by atoms with Crippen molar-refractivity contribution in [2.75, 3.05) is 0 Å². The first-order valence-electron chi connectivity index (χ1n) is 9.17. The van der Waals surface area contributed by atoms with Crippen molar-refractivity contribution < 1.29 is 27.4 Å². The van der Waals surface area contributed by atoms with Gasteiger partial charge in [0.1, 0.15) is 22.9 Å². The fourth-order valence-electron chi connectivity index (χ4n) is 2.71. The van der Waals surface area contributed by atoms with Gasteiger partial charge in [-0.15, -0.1) is 13.2 Å². The zero-order valence-corrected chi connectivity index (χ0v) is 16.4. The quantitative estimate of drug-likeness (QED) is 0.608. The van der Waals surface area contributed by atoms with E-state index in [4.69, 9.17) is 4.74 Å². The summed E-state index contributed by atoms with van der Waals surface area (Å²) >= 11 is 0. The van der Waals surface area contributed by atoms with E-state index >= 15 is 0 Å². The molecule has 1 amide bonds. The van der Waals surface area contributed by atoms with Gasteiger partial charge in [-0.25, -0.2) is 0 Å². The Morgan fingerprint density at radius 3 is 2.13 bits per heavy atom. The Morgan fingerprint density at radius 2 is 1.60 bits per heavy atom. The van der Waals surface area contributed by atoms with Crippen LogP contribution in [0.4, 0.5) is 13.2 Å². The standard InChI is InChI=1S/C21H20F3N3O3/c1-3-15-12-19(27(2)26-15)20(28)25-13-14-4-6-16(7-5-14)29-17-8-10-18(11-9-17)30-21(22,23)24/h4-12H,3,13H2,1-2H3,(H,25,28). The Balaban J connectivity index is 1.54. The number of nitrogens with one attached hydrogen (secondary N) is 1. The fraction of sp³-hybridized carbons (Fsp3) is 0.238. The number of aryl methyl sites for hydroxylation is 2. The zero-order valence-electron chi connectivity index (χ0n) is 16.4. The number of benzene rings is 2. The summed E-state index contributed by atoms with van der Waals surface area (Å²) in [6, 6.07) is 13.9. The minimum atomic E-state index is -4.73. The number of ether oxygens (including phenoxy) is 2. The first-order valence-corrected chi connectivity index (χ1v) is 9.17. The fourth-order valence-corrected chi connectivity index (χ4v) is 2.71. The molecule has 0 radical (unpaired) electrons. The highest BCUT2D eigenvalue weighted by Gasteiger charge is 2.31. The Morgan fingerprint density at radius 1 is 1.03 bits per heavy atom. The molecular formula is C21H20F3N3O3. The van der Waals surface area contributed by atoms with Crippen LogP contribution in [-0.2, 0) is 20.0 Å². The molecule has 0 atom stereocenters. The van der Waals surface area contributed by atoms with Crippen LogP contribution in [0.25, 0.3) is 0 Å². The van der Waals surface area contributed by atoms with Gasteiger partial charge < -0.3 is 14.8 Å². The number of hydrogen-bond acceptors (Lipinski definition) is 4. The van der Waals surface area contributed by atoms with Gasteiger partial charge in [0.15, 0.2) is 0 Å². The van der Waals surface area contributed by atoms with E-state index in [-0.39, 0.29) is 11.7 Å². The van der Waals surface area contributed by atoms with Crippen LogP contribution < -0.4 is 14.8 Å². The van der Waals surface area contributed by atoms with E-state index in [0.29, 0.717) is 23.7 Å². The Kier molecular flexibility index (Phi) is 6.29. The van der Waals surface area contributed by atoms with Crippen molar-refractivity contribution in [2.24, 2.45) is 7.05 Å². The molecule has 0 saturated carbocycles. The van der Waals surface area contributed by atoms with Gasteiger partial charge >= 0.3 is 6.36 Å². The number of carbonyl (C=O) groups excluding carboxylic acids is 1. The van der Waals surface area contributed by atoms with Crippen molar-refractivity contribution in [3.05, 3.63) is 71.5 Å². The largest absolute Gasteiger partial charge is 0.573 e. The van der Waals surface area contributed by atoms with Gasteiger partial charge in [-0.3, -0.25) is 9.48 Å². The van der Waals surface area contributed by atoms with Gasteiger partial charge in [-0.1, -0.05) is 19.1 Å². The van der Waals surface area contributed by atoms with E-state index in [9.17, 15) is 18.0 Å². The first-order chi connectivity index (χ1) is 14.2. The summed E-state index contributed by atoms with van der Waals surface area (Å²) in [4.78, 5) is 12.3. The van der Waals surface area contributed by atoms with Crippen LogP contribution in [-0.4, -0.2) is 22.1 Å². The minimum Gasteiger partial charge on any atom is -0.457 e. The molecule has 158 valence electrons. The molecule has 0 saturated heterocycles. The lowest BCUT2D eigenvalue weighted by Crippen LogP contribution is -2.25. The van der Waals surface area contributed by atoms with Crippen LogP contribution in [0.3, 0.4) is 0 Å². The normalized spacial score (nSPS) is 11.2. The molecule has 0 bridgehead atoms. The number of aromatic nitrogens is 2. The predicted molar refractivity (Wildman–Crippen MR) is 103 cm³/mol. The lowest BCUT2D eigenvalue weighted by molar-refractivity contribution is -0.274. The summed E-state index contributed by atoms with van der Waals surface area (Å²) in [7, 11) is 1.72. The lowest BCUT2D eigenvalue weighted by Gasteiger charge is -2.10. The number of halogens is 3. The van der Waals surface area contributed by atoms with E-state index in [0.717, 1.165) is 17.7 Å². The third-order valence-electron chi connectivity index (χ3n) is 4.19. The summed E-state index contributed by atoms with van der Waals surface area (Å²) in [6.45, 7) is 2.30. The highest BCUT2D eigenvalue weighted by Crippen LogP contribution is 2.27. The molecular weight excluding hydrogens is 399 g/mol. The second-order valence-corrected chi connectivity index (χ2v) is 6.45. The molecule has 1 heterocycles. The van der Waals surface area contributed by atoms with Gasteiger partial charge in [0.05, 0.1) is 5.69 Å². The average molecular weight is 419 g/mol. The van der Waals surface area contributed by atoms with Gasteiger partial charge in [0.25, 0.3) is 5.91 Å². The number of alkyl halides is 3. The van der Waals surface area contributed by atoms with Crippen molar-refractivity contribution in [3.8, 4) is 17.2 Å². The smallest absolute Gasteiger partial charge is 0.457 e. The maximum atomic E-state index is 12.3. The van der Waals surface area contributed by atoms with E-state index in [2.05, 4.69) is 15.2 Å². The molecule has 30 heavy (non-hydrogen) atoms. The number of carbonyl (C=O) groups is 1. The van der Waals surface area contributed by atoms with Crippen LogP contribution in [0.2, 0.25) is 0 Å². The molecule has 0 aliphatic heterocycles. The van der Waals surface area contributed by atoms with Gasteiger partial charge in [0, 0.05) is 13.6 Å². The highest BCUT2D eigenvalue weighted by molar-refractivity contribution is 5.92. The lowest BCUT2D eigenvalue weighted by atomic mass is 10.2. The van der Waals surface area contributed by atoms with Gasteiger partial charge in [-0.2, -0.15) is 5.10 Å². The van der Waals surface area contributed by atoms with E-state index in [1.54, 1.807) is 42.1 Å². The van der Waals surface area contributed by atoms with Crippen molar-refractivity contribution in [2.45, 2.75) is 26.3 Å². The maximum Gasteiger partial charge on any atom is 0.573 e. The molecule has 3 rings (SSSR count). The Bertz CT molecular complexity index is 997. The minimum absolute atomic E-state index is 0.216. The van der Waals surface area contributed by atoms with Crippen LogP contribution >= 0.6 is 0 Å². The summed E-state index contributed by atoms with van der Waals surface area (Å²) in [5, 5.41) is 7.10. The third-order valence-corrected chi connectivity index (χ3v) is 4.19. The van der Waals surface area contributed by atoms with E-state index in [1.807, 2.05) is 6.92 Å². The van der Waals surface area contributed by atoms with Crippen molar-refractivity contribution >= 4 is 5.91 Å². The second-order valence-electron chi connectivity index (χ2n) is 6.45. The average Bonchev–Trinajstić information content (AvgIpc) is 3.08. The number of rotatable bonds is 7. The summed E-state index contributed by atoms with van der Waals surface area (Å²) in [5.41, 5.74) is 2.20. The topological polar surface area (TPSA) is 65.4 Å². The molecule has 3 aromatic rings. The highest BCUT2D eigenvalue weighted by atomic mass is 19.4. The molecule has 0 aliphatic carbocycles. The van der Waals surface area contributed by atoms with Crippen molar-refractivity contribution in [1.29, 1.82) is 0 Å². The van der Waals surface area contributed by atoms with Crippen LogP contribution in [0.5, 0.6) is 17.2 Å². The van der Waals surface area contributed by atoms with E-state index < -0.39 is 6.36 Å². The Labute approximate surface area is 171 Å². The molecule has 1 N–H and O–H groups in total. The zero-order chi connectivity index (χ0) is 21.7. The number of hydrogen-bond donors (Lipinski definition) is 1. The molecule has 0 aliphatic rings. The molecule has 6 nitrogen and oxygen atoms in total. The predicted octanol–water partition coefficient (Wildman–Crippen LogP) is 4.60. The molecule has 1 aromatic heterocycles. The molecule has 0 unspecified atom stereocenters. The molecule has 9 heteroatoms. The third kappa shape index (κ3) is 5.76. The summed E-state index contributed by atoms with van der Waals surface area (Å²) in [5.74, 6) is 0.342. The van der Waals surface area contributed by atoms with Crippen LogP contribution in [0.15, 0.2) is 54.6 Å². The van der Waals surface area contributed by atoms with Crippen LogP contribution in [0.1, 0.15) is 28.7 Å². The molecule has 0 fully saturated rings. The maximum absolute atomic E-state index is 12.3. The monoisotopic (exact) mass is 419 g/mol. The Hall–Kier alpha value is -3.49. The SMILES string of the molecule is CCc1cc(C(=O)NCc2ccc(Oc3ccc(OC(F)(F)F)cc3)cc2)n(C)n1. The number of amides is 1.